The fourth-order valence-corrected chi connectivity index (χ4v) is 2.02. The Hall–Kier alpha value is -2.17. The fourth-order valence-electron chi connectivity index (χ4n) is 2.02. The summed E-state index contributed by atoms with van der Waals surface area (Å²) < 4.78 is 18.4. The van der Waals surface area contributed by atoms with Gasteiger partial charge in [-0.2, -0.15) is 0 Å². The van der Waals surface area contributed by atoms with E-state index in [1.807, 2.05) is 13.8 Å². The molecule has 0 atom stereocenters. The van der Waals surface area contributed by atoms with E-state index in [4.69, 9.17) is 4.52 Å². The van der Waals surface area contributed by atoms with Gasteiger partial charge in [0.05, 0.1) is 5.69 Å². The number of benzene rings is 1. The van der Waals surface area contributed by atoms with E-state index in [-0.39, 0.29) is 11.7 Å². The third-order valence-corrected chi connectivity index (χ3v) is 3.13. The van der Waals surface area contributed by atoms with Crippen molar-refractivity contribution in [2.24, 2.45) is 0 Å². The largest absolute Gasteiger partial charge is 0.360 e. The summed E-state index contributed by atoms with van der Waals surface area (Å²) in [5.74, 6) is 0.000568. The Kier molecular flexibility index (Phi) is 4.17. The van der Waals surface area contributed by atoms with E-state index >= 15 is 0 Å². The molecule has 0 saturated carbocycles. The number of hydrogen-bond donors (Lipinski definition) is 1. The van der Waals surface area contributed by atoms with Crippen molar-refractivity contribution in [2.45, 2.75) is 33.6 Å². The van der Waals surface area contributed by atoms with Crippen LogP contribution in [0.15, 0.2) is 22.7 Å². The summed E-state index contributed by atoms with van der Waals surface area (Å²) in [7, 11) is 0. The number of nitrogens with one attached hydrogen (secondary N) is 1. The summed E-state index contributed by atoms with van der Waals surface area (Å²) in [5, 5.41) is 6.66. The van der Waals surface area contributed by atoms with Crippen molar-refractivity contribution >= 4 is 11.6 Å². The molecule has 0 aliphatic heterocycles. The zero-order chi connectivity index (χ0) is 14.7. The van der Waals surface area contributed by atoms with Crippen LogP contribution in [0.1, 0.15) is 41.2 Å². The average molecular weight is 276 g/mol. The lowest BCUT2D eigenvalue weighted by Crippen LogP contribution is -2.15. The molecule has 1 amide bonds. The molecule has 0 aliphatic rings. The van der Waals surface area contributed by atoms with E-state index in [9.17, 15) is 9.18 Å². The smallest absolute Gasteiger partial charge is 0.261 e. The number of rotatable bonds is 4. The minimum Gasteiger partial charge on any atom is -0.360 e. The molecular formula is C15H17FN2O2. The summed E-state index contributed by atoms with van der Waals surface area (Å²) in [6, 6.07) is 4.46. The van der Waals surface area contributed by atoms with Gasteiger partial charge in [-0.25, -0.2) is 4.39 Å². The van der Waals surface area contributed by atoms with Crippen molar-refractivity contribution in [3.63, 3.8) is 0 Å². The third kappa shape index (κ3) is 2.71. The highest BCUT2D eigenvalue weighted by atomic mass is 19.1. The zero-order valence-corrected chi connectivity index (χ0v) is 11.8. The molecule has 1 N–H and O–H groups in total. The van der Waals surface area contributed by atoms with E-state index in [1.54, 1.807) is 13.0 Å². The first-order valence-corrected chi connectivity index (χ1v) is 6.61. The Labute approximate surface area is 117 Å². The monoisotopic (exact) mass is 276 g/mol. The molecule has 0 unspecified atom stereocenters. The van der Waals surface area contributed by atoms with Crippen LogP contribution in [0, 0.1) is 12.7 Å². The molecule has 4 nitrogen and oxygen atoms in total. The molecule has 0 saturated heterocycles. The molecule has 1 heterocycles. The SMILES string of the molecule is CCc1noc(CC)c1C(=O)Nc1ccc(F)c(C)c1. The standard InChI is InChI=1S/C15H17FN2O2/c1-4-12-14(13(5-2)20-18-12)15(19)17-10-6-7-11(16)9(3)8-10/h6-8H,4-5H2,1-3H3,(H,17,19). The van der Waals surface area contributed by atoms with Crippen molar-refractivity contribution in [3.8, 4) is 0 Å². The number of carbonyl (C=O) groups is 1. The van der Waals surface area contributed by atoms with Gasteiger partial charge < -0.3 is 9.84 Å². The normalized spacial score (nSPS) is 10.6. The summed E-state index contributed by atoms with van der Waals surface area (Å²) in [6.45, 7) is 5.47. The van der Waals surface area contributed by atoms with Gasteiger partial charge >= 0.3 is 0 Å². The Morgan fingerprint density at radius 3 is 2.70 bits per heavy atom. The molecule has 2 rings (SSSR count). The highest BCUT2D eigenvalue weighted by Crippen LogP contribution is 2.19. The Balaban J connectivity index is 2.27. The fraction of sp³-hybridized carbons (Fsp3) is 0.333. The predicted molar refractivity (Wildman–Crippen MR) is 74.3 cm³/mol. The molecule has 2 aromatic rings. The van der Waals surface area contributed by atoms with E-state index < -0.39 is 0 Å². The molecule has 0 fully saturated rings. The molecule has 1 aromatic heterocycles. The number of nitrogens with zero attached hydrogens (tertiary/aromatic N) is 1. The molecule has 20 heavy (non-hydrogen) atoms. The summed E-state index contributed by atoms with van der Waals surface area (Å²) in [4.78, 5) is 12.3. The summed E-state index contributed by atoms with van der Waals surface area (Å²) >= 11 is 0. The van der Waals surface area contributed by atoms with Crippen LogP contribution in [0.5, 0.6) is 0 Å². The lowest BCUT2D eigenvalue weighted by atomic mass is 10.1. The van der Waals surface area contributed by atoms with Crippen molar-refractivity contribution < 1.29 is 13.7 Å². The molecule has 1 aromatic carbocycles. The number of carbonyl (C=O) groups excluding carboxylic acids is 1. The maximum atomic E-state index is 13.2. The van der Waals surface area contributed by atoms with Crippen molar-refractivity contribution in [3.05, 3.63) is 46.6 Å². The highest BCUT2D eigenvalue weighted by Gasteiger charge is 2.20. The number of aryl methyl sites for hydroxylation is 3. The second-order valence-electron chi connectivity index (χ2n) is 4.55. The second kappa shape index (κ2) is 5.86. The van der Waals surface area contributed by atoms with Gasteiger partial charge in [-0.3, -0.25) is 4.79 Å². The second-order valence-corrected chi connectivity index (χ2v) is 4.55. The lowest BCUT2D eigenvalue weighted by molar-refractivity contribution is 0.102. The van der Waals surface area contributed by atoms with E-state index in [0.717, 1.165) is 0 Å². The molecule has 0 radical (unpaired) electrons. The maximum absolute atomic E-state index is 13.2. The Bertz CT molecular complexity index is 613. The third-order valence-electron chi connectivity index (χ3n) is 3.13. The molecule has 106 valence electrons. The van der Waals surface area contributed by atoms with Gasteiger partial charge in [-0.05, 0) is 37.1 Å². The van der Waals surface area contributed by atoms with E-state index in [2.05, 4.69) is 10.5 Å². The quantitative estimate of drug-likeness (QED) is 0.929. The number of halogens is 1. The van der Waals surface area contributed by atoms with Crippen molar-refractivity contribution in [1.82, 2.24) is 5.16 Å². The van der Waals surface area contributed by atoms with Gasteiger partial charge in [-0.15, -0.1) is 0 Å². The summed E-state index contributed by atoms with van der Waals surface area (Å²) in [6.07, 6.45) is 1.22. The molecule has 0 aliphatic carbocycles. The van der Waals surface area contributed by atoms with Crippen molar-refractivity contribution in [1.29, 1.82) is 0 Å². The minimum atomic E-state index is -0.295. The number of hydrogen-bond acceptors (Lipinski definition) is 3. The van der Waals surface area contributed by atoms with Crippen LogP contribution in [0.25, 0.3) is 0 Å². The van der Waals surface area contributed by atoms with Gasteiger partial charge in [0.15, 0.2) is 0 Å². The highest BCUT2D eigenvalue weighted by molar-refractivity contribution is 6.05. The van der Waals surface area contributed by atoms with E-state index in [1.165, 1.54) is 12.1 Å². The van der Waals surface area contributed by atoms with Gasteiger partial charge in [0.25, 0.3) is 5.91 Å². The zero-order valence-electron chi connectivity index (χ0n) is 11.8. The van der Waals surface area contributed by atoms with Gasteiger partial charge in [0.2, 0.25) is 0 Å². The van der Waals surface area contributed by atoms with Crippen LogP contribution >= 0.6 is 0 Å². The first-order valence-electron chi connectivity index (χ1n) is 6.61. The topological polar surface area (TPSA) is 55.1 Å². The van der Waals surface area contributed by atoms with Crippen molar-refractivity contribution in [2.75, 3.05) is 5.32 Å². The van der Waals surface area contributed by atoms with Gasteiger partial charge in [-0.1, -0.05) is 19.0 Å². The van der Waals surface area contributed by atoms with Crippen LogP contribution < -0.4 is 5.32 Å². The van der Waals surface area contributed by atoms with Crippen LogP contribution in [0.4, 0.5) is 10.1 Å². The number of anilines is 1. The lowest BCUT2D eigenvalue weighted by Gasteiger charge is -2.07. The van der Waals surface area contributed by atoms with E-state index in [0.29, 0.717) is 41.1 Å². The Morgan fingerprint density at radius 1 is 1.35 bits per heavy atom. The molecule has 0 spiro atoms. The first-order chi connectivity index (χ1) is 9.56. The molecule has 0 bridgehead atoms. The van der Waals surface area contributed by atoms with Crippen LogP contribution in [-0.4, -0.2) is 11.1 Å². The van der Waals surface area contributed by atoms with Crippen LogP contribution in [0.2, 0.25) is 0 Å². The number of aromatic nitrogens is 1. The van der Waals surface area contributed by atoms with Gasteiger partial charge in [0.1, 0.15) is 17.1 Å². The predicted octanol–water partition coefficient (Wildman–Crippen LogP) is 3.50. The van der Waals surface area contributed by atoms with Crippen LogP contribution in [0.3, 0.4) is 0 Å². The molecular weight excluding hydrogens is 259 g/mol. The average Bonchev–Trinajstić information content (AvgIpc) is 2.86. The maximum Gasteiger partial charge on any atom is 0.261 e. The summed E-state index contributed by atoms with van der Waals surface area (Å²) in [5.41, 5.74) is 2.16. The first kappa shape index (κ1) is 14.2. The Morgan fingerprint density at radius 2 is 2.10 bits per heavy atom. The van der Waals surface area contributed by atoms with Crippen LogP contribution in [-0.2, 0) is 12.8 Å². The molecule has 5 heteroatoms. The van der Waals surface area contributed by atoms with Gasteiger partial charge in [0, 0.05) is 12.1 Å². The minimum absolute atomic E-state index is 0.272. The number of amides is 1.